The van der Waals surface area contributed by atoms with Crippen LogP contribution >= 0.6 is 11.5 Å². The van der Waals surface area contributed by atoms with Gasteiger partial charge in [0.1, 0.15) is 0 Å². The van der Waals surface area contributed by atoms with E-state index in [1.54, 1.807) is 11.5 Å². The minimum absolute atomic E-state index is 1.14. The van der Waals surface area contributed by atoms with E-state index in [-0.39, 0.29) is 0 Å². The molecule has 0 saturated carbocycles. The van der Waals surface area contributed by atoms with Crippen molar-refractivity contribution < 1.29 is 0 Å². The number of aryl methyl sites for hydroxylation is 1. The Morgan fingerprint density at radius 3 is 2.93 bits per heavy atom. The number of nitrogens with zero attached hydrogens (tertiary/aromatic N) is 2. The summed E-state index contributed by atoms with van der Waals surface area (Å²) in [4.78, 5) is 3.90. The zero-order chi connectivity index (χ0) is 9.80. The molecule has 2 rings (SSSR count). The second-order valence-corrected chi connectivity index (χ2v) is 4.75. The van der Waals surface area contributed by atoms with Gasteiger partial charge in [0, 0.05) is 43.8 Å². The molecule has 1 aliphatic rings. The first-order chi connectivity index (χ1) is 6.86. The standard InChI is InChI=1S/C10H17N3S/c1-9-10(8-12-14-9)2-5-13-6-3-11-4-7-13/h8,11H,2-7H2,1H3. The first kappa shape index (κ1) is 10.1. The van der Waals surface area contributed by atoms with E-state index in [2.05, 4.69) is 21.5 Å². The Kier molecular flexibility index (Phi) is 3.50. The monoisotopic (exact) mass is 211 g/mol. The zero-order valence-corrected chi connectivity index (χ0v) is 9.44. The quantitative estimate of drug-likeness (QED) is 0.805. The van der Waals surface area contributed by atoms with Crippen LogP contribution in [0, 0.1) is 6.92 Å². The molecule has 0 radical (unpaired) electrons. The molecule has 0 atom stereocenters. The highest BCUT2D eigenvalue weighted by Gasteiger charge is 2.10. The summed E-state index contributed by atoms with van der Waals surface area (Å²) < 4.78 is 4.20. The van der Waals surface area contributed by atoms with Crippen LogP contribution in [0.15, 0.2) is 6.20 Å². The maximum Gasteiger partial charge on any atom is 0.0442 e. The Labute approximate surface area is 89.3 Å². The van der Waals surface area contributed by atoms with Crippen molar-refractivity contribution in [2.75, 3.05) is 32.7 Å². The van der Waals surface area contributed by atoms with Crippen molar-refractivity contribution in [2.24, 2.45) is 0 Å². The lowest BCUT2D eigenvalue weighted by molar-refractivity contribution is 0.244. The average molecular weight is 211 g/mol. The van der Waals surface area contributed by atoms with Gasteiger partial charge < -0.3 is 10.2 Å². The number of hydrogen-bond acceptors (Lipinski definition) is 4. The molecule has 0 unspecified atom stereocenters. The van der Waals surface area contributed by atoms with Gasteiger partial charge in [-0.1, -0.05) is 0 Å². The lowest BCUT2D eigenvalue weighted by Crippen LogP contribution is -2.44. The summed E-state index contributed by atoms with van der Waals surface area (Å²) in [6.45, 7) is 8.00. The molecule has 2 heterocycles. The number of rotatable bonds is 3. The summed E-state index contributed by atoms with van der Waals surface area (Å²) >= 11 is 1.61. The molecular weight excluding hydrogens is 194 g/mol. The Morgan fingerprint density at radius 1 is 1.50 bits per heavy atom. The van der Waals surface area contributed by atoms with E-state index in [1.807, 2.05) is 6.20 Å². The molecule has 1 fully saturated rings. The van der Waals surface area contributed by atoms with Crippen molar-refractivity contribution in [3.05, 3.63) is 16.6 Å². The summed E-state index contributed by atoms with van der Waals surface area (Å²) in [5.74, 6) is 0. The Balaban J connectivity index is 1.79. The van der Waals surface area contributed by atoms with Crippen molar-refractivity contribution in [2.45, 2.75) is 13.3 Å². The fourth-order valence-corrected chi connectivity index (χ4v) is 2.38. The molecule has 1 N–H and O–H groups in total. The SMILES string of the molecule is Cc1sncc1CCN1CCNCC1. The van der Waals surface area contributed by atoms with E-state index >= 15 is 0 Å². The molecule has 1 aliphatic heterocycles. The van der Waals surface area contributed by atoms with Gasteiger partial charge in [0.2, 0.25) is 0 Å². The van der Waals surface area contributed by atoms with Crippen LogP contribution < -0.4 is 5.32 Å². The van der Waals surface area contributed by atoms with Crippen molar-refractivity contribution >= 4 is 11.5 Å². The number of nitrogens with one attached hydrogen (secondary N) is 1. The predicted octanol–water partition coefficient (Wildman–Crippen LogP) is 0.899. The van der Waals surface area contributed by atoms with Gasteiger partial charge in [-0.25, -0.2) is 4.37 Å². The number of hydrogen-bond donors (Lipinski definition) is 1. The van der Waals surface area contributed by atoms with Gasteiger partial charge in [0.25, 0.3) is 0 Å². The third-order valence-corrected chi connectivity index (χ3v) is 3.50. The molecule has 3 nitrogen and oxygen atoms in total. The Morgan fingerprint density at radius 2 is 2.29 bits per heavy atom. The molecule has 0 aliphatic carbocycles. The van der Waals surface area contributed by atoms with Crippen LogP contribution in [-0.4, -0.2) is 42.0 Å². The topological polar surface area (TPSA) is 28.2 Å². The fourth-order valence-electron chi connectivity index (χ4n) is 1.77. The van der Waals surface area contributed by atoms with Gasteiger partial charge in [-0.3, -0.25) is 0 Å². The molecule has 0 spiro atoms. The lowest BCUT2D eigenvalue weighted by Gasteiger charge is -2.26. The summed E-state index contributed by atoms with van der Waals surface area (Å²) in [6, 6.07) is 0. The predicted molar refractivity (Wildman–Crippen MR) is 59.9 cm³/mol. The largest absolute Gasteiger partial charge is 0.314 e. The minimum Gasteiger partial charge on any atom is -0.314 e. The number of aromatic nitrogens is 1. The highest BCUT2D eigenvalue weighted by Crippen LogP contribution is 2.12. The van der Waals surface area contributed by atoms with Crippen LogP contribution in [0.25, 0.3) is 0 Å². The third kappa shape index (κ3) is 2.53. The second kappa shape index (κ2) is 4.87. The van der Waals surface area contributed by atoms with Crippen LogP contribution in [0.5, 0.6) is 0 Å². The minimum atomic E-state index is 1.14. The lowest BCUT2D eigenvalue weighted by atomic mass is 10.2. The van der Waals surface area contributed by atoms with Crippen molar-refractivity contribution in [3.63, 3.8) is 0 Å². The van der Waals surface area contributed by atoms with Gasteiger partial charge in [0.15, 0.2) is 0 Å². The normalized spacial score (nSPS) is 18.6. The van der Waals surface area contributed by atoms with Crippen LogP contribution in [0.4, 0.5) is 0 Å². The van der Waals surface area contributed by atoms with Crippen LogP contribution in [0.3, 0.4) is 0 Å². The highest BCUT2D eigenvalue weighted by atomic mass is 32.1. The van der Waals surface area contributed by atoms with Gasteiger partial charge >= 0.3 is 0 Å². The highest BCUT2D eigenvalue weighted by molar-refractivity contribution is 7.05. The first-order valence-electron chi connectivity index (χ1n) is 5.19. The summed E-state index contributed by atoms with van der Waals surface area (Å²) in [7, 11) is 0. The summed E-state index contributed by atoms with van der Waals surface area (Å²) in [5, 5.41) is 3.37. The van der Waals surface area contributed by atoms with Crippen LogP contribution in [0.2, 0.25) is 0 Å². The fraction of sp³-hybridized carbons (Fsp3) is 0.700. The van der Waals surface area contributed by atoms with E-state index in [1.165, 1.54) is 30.1 Å². The molecular formula is C10H17N3S. The molecule has 4 heteroatoms. The number of piperazine rings is 1. The van der Waals surface area contributed by atoms with Gasteiger partial charge in [-0.2, -0.15) is 0 Å². The smallest absolute Gasteiger partial charge is 0.0442 e. The van der Waals surface area contributed by atoms with Crippen molar-refractivity contribution in [3.8, 4) is 0 Å². The molecule has 0 bridgehead atoms. The Hall–Kier alpha value is -0.450. The van der Waals surface area contributed by atoms with Gasteiger partial charge in [0.05, 0.1) is 0 Å². The van der Waals surface area contributed by atoms with Crippen LogP contribution in [-0.2, 0) is 6.42 Å². The molecule has 1 saturated heterocycles. The third-order valence-electron chi connectivity index (χ3n) is 2.76. The Bertz CT molecular complexity index is 279. The maximum atomic E-state index is 4.20. The molecule has 0 amide bonds. The molecule has 1 aromatic heterocycles. The van der Waals surface area contributed by atoms with E-state index in [0.717, 1.165) is 19.5 Å². The van der Waals surface area contributed by atoms with Crippen LogP contribution in [0.1, 0.15) is 10.4 Å². The molecule has 14 heavy (non-hydrogen) atoms. The summed E-state index contributed by atoms with van der Waals surface area (Å²) in [5.41, 5.74) is 1.42. The average Bonchev–Trinajstić information content (AvgIpc) is 2.63. The van der Waals surface area contributed by atoms with E-state index in [9.17, 15) is 0 Å². The first-order valence-corrected chi connectivity index (χ1v) is 5.97. The van der Waals surface area contributed by atoms with Gasteiger partial charge in [-0.05, 0) is 30.4 Å². The molecule has 78 valence electrons. The van der Waals surface area contributed by atoms with E-state index in [0.29, 0.717) is 0 Å². The molecule has 1 aromatic rings. The second-order valence-electron chi connectivity index (χ2n) is 3.75. The van der Waals surface area contributed by atoms with Crippen molar-refractivity contribution in [1.82, 2.24) is 14.6 Å². The van der Waals surface area contributed by atoms with E-state index in [4.69, 9.17) is 0 Å². The zero-order valence-electron chi connectivity index (χ0n) is 8.62. The van der Waals surface area contributed by atoms with Gasteiger partial charge in [-0.15, -0.1) is 0 Å². The maximum absolute atomic E-state index is 4.20. The molecule has 0 aromatic carbocycles. The van der Waals surface area contributed by atoms with E-state index < -0.39 is 0 Å². The van der Waals surface area contributed by atoms with Crippen molar-refractivity contribution in [1.29, 1.82) is 0 Å². The summed E-state index contributed by atoms with van der Waals surface area (Å²) in [6.07, 6.45) is 3.17.